The van der Waals surface area contributed by atoms with Gasteiger partial charge in [-0.1, -0.05) is 19.8 Å². The van der Waals surface area contributed by atoms with Crippen molar-refractivity contribution in [2.24, 2.45) is 0 Å². The zero-order chi connectivity index (χ0) is 12.6. The van der Waals surface area contributed by atoms with Gasteiger partial charge in [0.1, 0.15) is 11.0 Å². The molecule has 0 fully saturated rings. The Morgan fingerprint density at radius 3 is 2.50 bits per heavy atom. The van der Waals surface area contributed by atoms with Gasteiger partial charge < -0.3 is 10.4 Å². The highest BCUT2D eigenvalue weighted by atomic mass is 32.2. The number of carboxylic acids is 1. The van der Waals surface area contributed by atoms with Gasteiger partial charge in [0, 0.05) is 17.3 Å². The Labute approximate surface area is 98.1 Å². The fraction of sp³-hybridized carbons (Fsp3) is 0.800. The molecule has 5 nitrogen and oxygen atoms in total. The van der Waals surface area contributed by atoms with Crippen LogP contribution < -0.4 is 5.32 Å². The molecule has 0 saturated carbocycles. The van der Waals surface area contributed by atoms with Crippen molar-refractivity contribution in [2.45, 2.75) is 38.4 Å². The van der Waals surface area contributed by atoms with E-state index in [0.717, 1.165) is 19.3 Å². The second kappa shape index (κ2) is 8.27. The summed E-state index contributed by atoms with van der Waals surface area (Å²) in [5, 5.41) is 10.3. The van der Waals surface area contributed by atoms with Crippen LogP contribution in [0, 0.1) is 0 Å². The van der Waals surface area contributed by atoms with Crippen LogP contribution >= 0.6 is 0 Å². The van der Waals surface area contributed by atoms with E-state index in [4.69, 9.17) is 5.11 Å². The fourth-order valence-electron chi connectivity index (χ4n) is 1.10. The fourth-order valence-corrected chi connectivity index (χ4v) is 1.91. The number of carbonyl (C=O) groups is 2. The highest BCUT2D eigenvalue weighted by Crippen LogP contribution is 1.97. The molecule has 0 radical (unpaired) electrons. The van der Waals surface area contributed by atoms with Crippen LogP contribution in [0.4, 0.5) is 0 Å². The minimum Gasteiger partial charge on any atom is -0.481 e. The lowest BCUT2D eigenvalue weighted by atomic mass is 10.2. The van der Waals surface area contributed by atoms with E-state index in [2.05, 4.69) is 12.2 Å². The van der Waals surface area contributed by atoms with Crippen molar-refractivity contribution in [3.8, 4) is 0 Å². The molecule has 0 rings (SSSR count). The molecule has 0 saturated heterocycles. The number of amides is 1. The smallest absolute Gasteiger partial charge is 0.316 e. The van der Waals surface area contributed by atoms with Gasteiger partial charge in [-0.2, -0.15) is 0 Å². The molecule has 1 amide bonds. The number of nitrogens with one attached hydrogen (secondary N) is 1. The number of hydrogen-bond acceptors (Lipinski definition) is 3. The summed E-state index contributed by atoms with van der Waals surface area (Å²) in [6.45, 7) is 4.10. The molecule has 0 aromatic carbocycles. The average molecular weight is 249 g/mol. The van der Waals surface area contributed by atoms with Crippen LogP contribution in [0.1, 0.15) is 33.1 Å². The molecule has 0 aliphatic carbocycles. The summed E-state index contributed by atoms with van der Waals surface area (Å²) in [4.78, 5) is 21.7. The topological polar surface area (TPSA) is 83.5 Å². The number of rotatable bonds is 8. The molecule has 0 aromatic heterocycles. The summed E-state index contributed by atoms with van der Waals surface area (Å²) in [6.07, 6.45) is 2.99. The Morgan fingerprint density at radius 1 is 1.38 bits per heavy atom. The number of unbranched alkanes of at least 4 members (excludes halogenated alkanes) is 2. The van der Waals surface area contributed by atoms with Crippen molar-refractivity contribution in [1.29, 1.82) is 0 Å². The third-order valence-electron chi connectivity index (χ3n) is 2.11. The summed E-state index contributed by atoms with van der Waals surface area (Å²) in [7, 11) is -1.64. The summed E-state index contributed by atoms with van der Waals surface area (Å²) < 4.78 is 11.4. The molecule has 6 heteroatoms. The molecular formula is C10H19NO4S. The third kappa shape index (κ3) is 6.55. The van der Waals surface area contributed by atoms with Gasteiger partial charge in [-0.05, 0) is 13.3 Å². The van der Waals surface area contributed by atoms with E-state index in [1.165, 1.54) is 6.92 Å². The van der Waals surface area contributed by atoms with Crippen molar-refractivity contribution in [2.75, 3.05) is 12.3 Å². The predicted molar refractivity (Wildman–Crippen MR) is 62.6 cm³/mol. The van der Waals surface area contributed by atoms with Gasteiger partial charge in [0.25, 0.3) is 0 Å². The zero-order valence-corrected chi connectivity index (χ0v) is 10.5. The minimum atomic E-state index is -1.64. The van der Waals surface area contributed by atoms with Gasteiger partial charge in [0.15, 0.2) is 0 Å². The van der Waals surface area contributed by atoms with E-state index in [9.17, 15) is 13.8 Å². The van der Waals surface area contributed by atoms with Crippen LogP contribution in [0.5, 0.6) is 0 Å². The summed E-state index contributed by atoms with van der Waals surface area (Å²) in [6, 6.07) is 0. The summed E-state index contributed by atoms with van der Waals surface area (Å²) in [5.74, 6) is -1.97. The monoisotopic (exact) mass is 249 g/mol. The minimum absolute atomic E-state index is 0.337. The summed E-state index contributed by atoms with van der Waals surface area (Å²) >= 11 is 0. The first-order chi connectivity index (χ1) is 7.49. The van der Waals surface area contributed by atoms with Crippen molar-refractivity contribution >= 4 is 22.7 Å². The average Bonchev–Trinajstić information content (AvgIpc) is 2.22. The van der Waals surface area contributed by atoms with E-state index < -0.39 is 27.8 Å². The highest BCUT2D eigenvalue weighted by molar-refractivity contribution is 7.87. The first kappa shape index (κ1) is 15.1. The molecule has 0 aliphatic heterocycles. The normalized spacial score (nSPS) is 14.1. The molecule has 2 N–H and O–H groups in total. The number of carboxylic acid groups (broad SMARTS) is 1. The Balaban J connectivity index is 3.89. The molecule has 0 bridgehead atoms. The first-order valence-corrected chi connectivity index (χ1v) is 6.74. The standard InChI is InChI=1S/C10H19NO4S/c1-3-4-5-6-11-10(14)8(2)16(15)7-9(12)13/h8H,3-7H2,1-2H3,(H,11,14)(H,12,13). The van der Waals surface area contributed by atoms with E-state index >= 15 is 0 Å². The van der Waals surface area contributed by atoms with Gasteiger partial charge in [-0.15, -0.1) is 0 Å². The van der Waals surface area contributed by atoms with E-state index in [1.54, 1.807) is 0 Å². The van der Waals surface area contributed by atoms with Crippen LogP contribution in [0.3, 0.4) is 0 Å². The van der Waals surface area contributed by atoms with Crippen molar-refractivity contribution in [3.63, 3.8) is 0 Å². The molecule has 2 unspecified atom stereocenters. The van der Waals surface area contributed by atoms with E-state index in [-0.39, 0.29) is 5.91 Å². The van der Waals surface area contributed by atoms with Gasteiger partial charge in [-0.25, -0.2) is 0 Å². The molecule has 16 heavy (non-hydrogen) atoms. The lowest BCUT2D eigenvalue weighted by Crippen LogP contribution is -2.37. The molecule has 0 aromatic rings. The lowest BCUT2D eigenvalue weighted by Gasteiger charge is -2.10. The van der Waals surface area contributed by atoms with Gasteiger partial charge in [0.2, 0.25) is 5.91 Å². The van der Waals surface area contributed by atoms with Crippen LogP contribution in [-0.2, 0) is 20.4 Å². The molecule has 0 aliphatic rings. The SMILES string of the molecule is CCCCCNC(=O)C(C)S(=O)CC(=O)O. The van der Waals surface area contributed by atoms with Gasteiger partial charge >= 0.3 is 5.97 Å². The van der Waals surface area contributed by atoms with Crippen LogP contribution in [0.25, 0.3) is 0 Å². The Hall–Kier alpha value is -0.910. The predicted octanol–water partition coefficient (Wildman–Crippen LogP) is 0.515. The zero-order valence-electron chi connectivity index (χ0n) is 9.69. The van der Waals surface area contributed by atoms with Crippen molar-refractivity contribution in [1.82, 2.24) is 5.32 Å². The lowest BCUT2D eigenvalue weighted by molar-refractivity contribution is -0.133. The molecule has 0 spiro atoms. The largest absolute Gasteiger partial charge is 0.481 e. The quantitative estimate of drug-likeness (QED) is 0.614. The maximum atomic E-state index is 11.4. The number of aliphatic carboxylic acids is 1. The number of hydrogen-bond donors (Lipinski definition) is 2. The second-order valence-electron chi connectivity index (χ2n) is 3.56. The maximum Gasteiger partial charge on any atom is 0.316 e. The van der Waals surface area contributed by atoms with Crippen molar-refractivity contribution < 1.29 is 18.9 Å². The summed E-state index contributed by atoms with van der Waals surface area (Å²) in [5.41, 5.74) is 0. The Bertz CT molecular complexity index is 268. The maximum absolute atomic E-state index is 11.4. The van der Waals surface area contributed by atoms with Gasteiger partial charge in [0.05, 0.1) is 0 Å². The van der Waals surface area contributed by atoms with Crippen LogP contribution in [0.2, 0.25) is 0 Å². The van der Waals surface area contributed by atoms with Crippen LogP contribution in [-0.4, -0.2) is 38.7 Å². The Morgan fingerprint density at radius 2 is 2.00 bits per heavy atom. The number of carbonyl (C=O) groups excluding carboxylic acids is 1. The molecule has 94 valence electrons. The highest BCUT2D eigenvalue weighted by Gasteiger charge is 2.21. The van der Waals surface area contributed by atoms with Gasteiger partial charge in [-0.3, -0.25) is 13.8 Å². The molecule has 0 heterocycles. The van der Waals surface area contributed by atoms with E-state index in [1.807, 2.05) is 0 Å². The van der Waals surface area contributed by atoms with Crippen molar-refractivity contribution in [3.05, 3.63) is 0 Å². The Kier molecular flexibility index (Phi) is 7.80. The molecular weight excluding hydrogens is 230 g/mol. The van der Waals surface area contributed by atoms with E-state index in [0.29, 0.717) is 6.54 Å². The van der Waals surface area contributed by atoms with Crippen LogP contribution in [0.15, 0.2) is 0 Å². The molecule has 2 atom stereocenters. The first-order valence-electron chi connectivity index (χ1n) is 5.35. The third-order valence-corrected chi connectivity index (χ3v) is 3.64. The second-order valence-corrected chi connectivity index (χ2v) is 5.32.